The van der Waals surface area contributed by atoms with Gasteiger partial charge in [0.15, 0.2) is 0 Å². The van der Waals surface area contributed by atoms with E-state index in [1.165, 1.54) is 4.90 Å². The van der Waals surface area contributed by atoms with Crippen molar-refractivity contribution in [3.63, 3.8) is 0 Å². The summed E-state index contributed by atoms with van der Waals surface area (Å²) >= 11 is 13.8. The number of thioether (sulfide) groups is 1. The minimum Gasteiger partial charge on any atom is -0.325 e. The van der Waals surface area contributed by atoms with Crippen LogP contribution in [-0.4, -0.2) is 9.55 Å². The number of aromatic nitrogens is 2. The normalized spacial score (nSPS) is 11.5. The van der Waals surface area contributed by atoms with E-state index in [-0.39, 0.29) is 0 Å². The molecule has 22 heavy (non-hydrogen) atoms. The molecule has 1 heterocycles. The largest absolute Gasteiger partial charge is 0.325 e. The fourth-order valence-electron chi connectivity index (χ4n) is 2.48. The molecule has 0 spiro atoms. The second kappa shape index (κ2) is 6.53. The number of benzene rings is 2. The summed E-state index contributed by atoms with van der Waals surface area (Å²) in [7, 11) is 0. The lowest BCUT2D eigenvalue weighted by Crippen LogP contribution is -2.05. The predicted molar refractivity (Wildman–Crippen MR) is 96.1 cm³/mol. The second-order valence-electron chi connectivity index (χ2n) is 5.37. The highest BCUT2D eigenvalue weighted by Gasteiger charge is 2.13. The number of rotatable bonds is 4. The van der Waals surface area contributed by atoms with Crippen LogP contribution in [0.2, 0.25) is 10.0 Å². The number of imidazole rings is 1. The smallest absolute Gasteiger partial charge is 0.120 e. The van der Waals surface area contributed by atoms with Crippen molar-refractivity contribution in [2.24, 2.45) is 0 Å². The Bertz CT molecular complexity index is 794. The first kappa shape index (κ1) is 15.7. The Morgan fingerprint density at radius 1 is 1.05 bits per heavy atom. The van der Waals surface area contributed by atoms with Crippen molar-refractivity contribution in [2.75, 3.05) is 0 Å². The van der Waals surface area contributed by atoms with Gasteiger partial charge in [-0.2, -0.15) is 0 Å². The topological polar surface area (TPSA) is 17.8 Å². The van der Waals surface area contributed by atoms with Crippen LogP contribution in [0.4, 0.5) is 0 Å². The van der Waals surface area contributed by atoms with Gasteiger partial charge in [0.2, 0.25) is 0 Å². The molecule has 0 saturated heterocycles. The van der Waals surface area contributed by atoms with E-state index >= 15 is 0 Å². The molecule has 114 valence electrons. The number of hydrogen-bond donors (Lipinski definition) is 0. The molecular weight excluding hydrogens is 335 g/mol. The van der Waals surface area contributed by atoms with E-state index in [0.29, 0.717) is 6.04 Å². The summed E-state index contributed by atoms with van der Waals surface area (Å²) in [4.78, 5) is 5.94. The van der Waals surface area contributed by atoms with Gasteiger partial charge in [-0.25, -0.2) is 4.98 Å². The molecule has 0 atom stereocenters. The monoisotopic (exact) mass is 350 g/mol. The molecule has 0 saturated carbocycles. The summed E-state index contributed by atoms with van der Waals surface area (Å²) in [5.41, 5.74) is 2.08. The van der Waals surface area contributed by atoms with Crippen LogP contribution in [0.15, 0.2) is 47.4 Å². The van der Waals surface area contributed by atoms with Gasteiger partial charge in [0.25, 0.3) is 0 Å². The van der Waals surface area contributed by atoms with Crippen molar-refractivity contribution < 1.29 is 0 Å². The van der Waals surface area contributed by atoms with Gasteiger partial charge in [-0.15, -0.1) is 11.8 Å². The van der Waals surface area contributed by atoms with Crippen LogP contribution in [-0.2, 0) is 5.75 Å². The average molecular weight is 351 g/mol. The first-order chi connectivity index (χ1) is 10.5. The Morgan fingerprint density at radius 2 is 1.73 bits per heavy atom. The molecule has 2 aromatic carbocycles. The summed E-state index contributed by atoms with van der Waals surface area (Å²) in [6, 6.07) is 14.1. The van der Waals surface area contributed by atoms with Crippen molar-refractivity contribution in [1.82, 2.24) is 9.55 Å². The molecule has 0 aliphatic heterocycles. The lowest BCUT2D eigenvalue weighted by molar-refractivity contribution is 0.597. The lowest BCUT2D eigenvalue weighted by atomic mass is 10.3. The van der Waals surface area contributed by atoms with Crippen molar-refractivity contribution in [3.8, 4) is 0 Å². The number of nitrogens with zero attached hydrogens (tertiary/aromatic N) is 2. The summed E-state index contributed by atoms with van der Waals surface area (Å²) < 4.78 is 2.27. The third-order valence-corrected chi connectivity index (χ3v) is 4.92. The quantitative estimate of drug-likeness (QED) is 0.520. The van der Waals surface area contributed by atoms with Crippen molar-refractivity contribution in [2.45, 2.75) is 30.5 Å². The fourth-order valence-corrected chi connectivity index (χ4v) is 3.60. The Balaban J connectivity index is 1.92. The highest BCUT2D eigenvalue weighted by Crippen LogP contribution is 2.29. The molecule has 0 fully saturated rings. The molecule has 3 rings (SSSR count). The van der Waals surface area contributed by atoms with Gasteiger partial charge in [-0.3, -0.25) is 0 Å². The van der Waals surface area contributed by atoms with Crippen LogP contribution in [0.25, 0.3) is 11.0 Å². The van der Waals surface area contributed by atoms with Gasteiger partial charge in [-0.1, -0.05) is 23.2 Å². The molecule has 0 bridgehead atoms. The minimum atomic E-state index is 0.354. The summed E-state index contributed by atoms with van der Waals surface area (Å²) in [6.07, 6.45) is 0. The number of hydrogen-bond acceptors (Lipinski definition) is 2. The first-order valence-corrected chi connectivity index (χ1v) is 8.83. The summed E-state index contributed by atoms with van der Waals surface area (Å²) in [6.45, 7) is 4.35. The molecule has 0 aliphatic carbocycles. The van der Waals surface area contributed by atoms with Crippen LogP contribution < -0.4 is 0 Å². The van der Waals surface area contributed by atoms with E-state index in [1.807, 2.05) is 42.5 Å². The fraction of sp³-hybridized carbons (Fsp3) is 0.235. The Kier molecular flexibility index (Phi) is 4.67. The van der Waals surface area contributed by atoms with Crippen LogP contribution in [0, 0.1) is 0 Å². The molecular formula is C17H16Cl2N2S. The van der Waals surface area contributed by atoms with E-state index in [0.717, 1.165) is 32.7 Å². The standard InChI is InChI=1S/C17H16Cl2N2S/c1-11(2)21-16-8-5-13(19)9-15(16)20-17(21)10-22-14-6-3-12(18)4-7-14/h3-9,11H,10H2,1-2H3. The van der Waals surface area contributed by atoms with Crippen molar-refractivity contribution >= 4 is 46.0 Å². The van der Waals surface area contributed by atoms with Gasteiger partial charge < -0.3 is 4.57 Å². The molecule has 3 aromatic rings. The average Bonchev–Trinajstić information content (AvgIpc) is 2.84. The maximum absolute atomic E-state index is 6.08. The molecule has 0 radical (unpaired) electrons. The first-order valence-electron chi connectivity index (χ1n) is 7.09. The van der Waals surface area contributed by atoms with Crippen molar-refractivity contribution in [1.29, 1.82) is 0 Å². The van der Waals surface area contributed by atoms with Gasteiger partial charge in [-0.05, 0) is 56.3 Å². The summed E-state index contributed by atoms with van der Waals surface area (Å²) in [5.74, 6) is 1.87. The van der Waals surface area contributed by atoms with Crippen LogP contribution in [0.3, 0.4) is 0 Å². The molecule has 0 amide bonds. The van der Waals surface area contributed by atoms with Gasteiger partial charge in [0, 0.05) is 21.0 Å². The highest BCUT2D eigenvalue weighted by atomic mass is 35.5. The van der Waals surface area contributed by atoms with E-state index in [4.69, 9.17) is 28.2 Å². The van der Waals surface area contributed by atoms with Crippen LogP contribution >= 0.6 is 35.0 Å². The zero-order chi connectivity index (χ0) is 15.7. The minimum absolute atomic E-state index is 0.354. The number of halogens is 2. The SMILES string of the molecule is CC(C)n1c(CSc2ccc(Cl)cc2)nc2cc(Cl)ccc21. The second-order valence-corrected chi connectivity index (χ2v) is 7.29. The zero-order valence-electron chi connectivity index (χ0n) is 12.4. The third kappa shape index (κ3) is 3.27. The predicted octanol–water partition coefficient (Wildman–Crippen LogP) is 6.22. The Labute approximate surface area is 144 Å². The zero-order valence-corrected chi connectivity index (χ0v) is 14.7. The lowest BCUT2D eigenvalue weighted by Gasteiger charge is -2.13. The summed E-state index contributed by atoms with van der Waals surface area (Å²) in [5, 5.41) is 1.48. The van der Waals surface area contributed by atoms with E-state index < -0.39 is 0 Å². The molecule has 0 aliphatic rings. The molecule has 0 unspecified atom stereocenters. The Morgan fingerprint density at radius 3 is 2.41 bits per heavy atom. The van der Waals surface area contributed by atoms with E-state index in [1.54, 1.807) is 11.8 Å². The maximum Gasteiger partial charge on any atom is 0.120 e. The van der Waals surface area contributed by atoms with Crippen molar-refractivity contribution in [3.05, 3.63) is 58.3 Å². The van der Waals surface area contributed by atoms with Crippen LogP contribution in [0.1, 0.15) is 25.7 Å². The molecule has 2 nitrogen and oxygen atoms in total. The third-order valence-electron chi connectivity index (χ3n) is 3.42. The Hall–Kier alpha value is -1.16. The number of fused-ring (bicyclic) bond motifs is 1. The molecule has 1 aromatic heterocycles. The molecule has 0 N–H and O–H groups in total. The molecule has 5 heteroatoms. The van der Waals surface area contributed by atoms with Gasteiger partial charge >= 0.3 is 0 Å². The van der Waals surface area contributed by atoms with E-state index in [9.17, 15) is 0 Å². The highest BCUT2D eigenvalue weighted by molar-refractivity contribution is 7.98. The maximum atomic E-state index is 6.08. The van der Waals surface area contributed by atoms with Gasteiger partial charge in [0.1, 0.15) is 5.82 Å². The van der Waals surface area contributed by atoms with E-state index in [2.05, 4.69) is 18.4 Å². The van der Waals surface area contributed by atoms with Gasteiger partial charge in [0.05, 0.1) is 16.8 Å². The van der Waals surface area contributed by atoms with Crippen LogP contribution in [0.5, 0.6) is 0 Å².